The molecule has 0 aliphatic heterocycles. The van der Waals surface area contributed by atoms with Crippen molar-refractivity contribution in [1.29, 1.82) is 0 Å². The fourth-order valence-electron chi connectivity index (χ4n) is 4.02. The summed E-state index contributed by atoms with van der Waals surface area (Å²) >= 11 is 5.33. The van der Waals surface area contributed by atoms with Gasteiger partial charge in [-0.2, -0.15) is 5.10 Å². The lowest BCUT2D eigenvalue weighted by Crippen LogP contribution is -2.23. The van der Waals surface area contributed by atoms with Crippen molar-refractivity contribution in [3.05, 3.63) is 90.6 Å². The molecule has 37 heavy (non-hydrogen) atoms. The third-order valence-electron chi connectivity index (χ3n) is 5.91. The highest BCUT2D eigenvalue weighted by atomic mass is 32.1. The number of nitrogens with one attached hydrogen (secondary N) is 2. The SMILES string of the molecule is CCCCCCOc1ccc(OCCn2cc(C=NNC(=S)Nc3ccccc3)c3ccccc32)cc1. The maximum absolute atomic E-state index is 6.00. The lowest BCUT2D eigenvalue weighted by Gasteiger charge is -2.10. The van der Waals surface area contributed by atoms with Gasteiger partial charge in [-0.15, -0.1) is 0 Å². The van der Waals surface area contributed by atoms with Crippen LogP contribution >= 0.6 is 12.2 Å². The second kappa shape index (κ2) is 14.0. The highest BCUT2D eigenvalue weighted by Crippen LogP contribution is 2.21. The smallest absolute Gasteiger partial charge is 0.191 e. The lowest BCUT2D eigenvalue weighted by atomic mass is 10.2. The maximum Gasteiger partial charge on any atom is 0.191 e. The van der Waals surface area contributed by atoms with Crippen LogP contribution in [0.2, 0.25) is 0 Å². The molecule has 0 radical (unpaired) electrons. The van der Waals surface area contributed by atoms with Gasteiger partial charge in [0.25, 0.3) is 0 Å². The van der Waals surface area contributed by atoms with Gasteiger partial charge in [0.05, 0.1) is 19.4 Å². The third-order valence-corrected chi connectivity index (χ3v) is 6.11. The van der Waals surface area contributed by atoms with Gasteiger partial charge in [0, 0.05) is 28.4 Å². The summed E-state index contributed by atoms with van der Waals surface area (Å²) < 4.78 is 14.0. The van der Waals surface area contributed by atoms with Crippen molar-refractivity contribution in [3.63, 3.8) is 0 Å². The first kappa shape index (κ1) is 26.2. The Labute approximate surface area is 224 Å². The van der Waals surface area contributed by atoms with Crippen LogP contribution in [0.3, 0.4) is 0 Å². The summed E-state index contributed by atoms with van der Waals surface area (Å²) in [7, 11) is 0. The van der Waals surface area contributed by atoms with E-state index in [-0.39, 0.29) is 0 Å². The zero-order valence-corrected chi connectivity index (χ0v) is 22.0. The first-order valence-electron chi connectivity index (χ1n) is 12.8. The van der Waals surface area contributed by atoms with Crippen molar-refractivity contribution in [2.24, 2.45) is 5.10 Å². The third kappa shape index (κ3) is 8.08. The molecular weight excluding hydrogens is 480 g/mol. The van der Waals surface area contributed by atoms with Crippen LogP contribution in [0.25, 0.3) is 10.9 Å². The molecule has 0 aliphatic carbocycles. The van der Waals surface area contributed by atoms with Crippen LogP contribution < -0.4 is 20.2 Å². The molecular formula is C30H34N4O2S. The Balaban J connectivity index is 1.29. The van der Waals surface area contributed by atoms with E-state index in [9.17, 15) is 0 Å². The van der Waals surface area contributed by atoms with Gasteiger partial charge in [0.1, 0.15) is 18.1 Å². The molecule has 0 aliphatic rings. The van der Waals surface area contributed by atoms with Crippen LogP contribution in [0.1, 0.15) is 38.2 Å². The van der Waals surface area contributed by atoms with Gasteiger partial charge in [0.15, 0.2) is 5.11 Å². The number of para-hydroxylation sites is 2. The van der Waals surface area contributed by atoms with Crippen LogP contribution in [0.4, 0.5) is 5.69 Å². The summed E-state index contributed by atoms with van der Waals surface area (Å²) in [6.45, 7) is 4.24. The van der Waals surface area contributed by atoms with Crippen molar-refractivity contribution in [1.82, 2.24) is 9.99 Å². The molecule has 4 aromatic rings. The number of ether oxygens (including phenoxy) is 2. The molecule has 0 fully saturated rings. The molecule has 6 nitrogen and oxygen atoms in total. The van der Waals surface area contributed by atoms with E-state index in [0.29, 0.717) is 18.3 Å². The number of fused-ring (bicyclic) bond motifs is 1. The molecule has 1 aromatic heterocycles. The molecule has 0 spiro atoms. The van der Waals surface area contributed by atoms with E-state index in [1.807, 2.05) is 66.7 Å². The standard InChI is InChI=1S/C30H34N4O2S/c1-2-3-4-10-20-35-26-15-17-27(18-16-26)36-21-19-34-23-24(28-13-8-9-14-29(28)34)22-31-33-30(37)32-25-11-6-5-7-12-25/h5-9,11-18,22-23H,2-4,10,19-21H2,1H3,(H2,32,33,37). The van der Waals surface area contributed by atoms with Gasteiger partial charge in [-0.05, 0) is 61.1 Å². The molecule has 0 unspecified atom stereocenters. The minimum Gasteiger partial charge on any atom is -0.494 e. The van der Waals surface area contributed by atoms with Crippen molar-refractivity contribution in [3.8, 4) is 11.5 Å². The number of hydrogen-bond donors (Lipinski definition) is 2. The molecule has 2 N–H and O–H groups in total. The predicted molar refractivity (Wildman–Crippen MR) is 157 cm³/mol. The van der Waals surface area contributed by atoms with Gasteiger partial charge in [-0.1, -0.05) is 62.6 Å². The number of thiocarbonyl (C=S) groups is 1. The Morgan fingerprint density at radius 1 is 0.865 bits per heavy atom. The highest BCUT2D eigenvalue weighted by molar-refractivity contribution is 7.80. The van der Waals surface area contributed by atoms with Crippen LogP contribution in [-0.4, -0.2) is 29.1 Å². The van der Waals surface area contributed by atoms with E-state index < -0.39 is 0 Å². The normalized spacial score (nSPS) is 11.1. The van der Waals surface area contributed by atoms with E-state index in [4.69, 9.17) is 21.7 Å². The zero-order chi connectivity index (χ0) is 25.7. The van der Waals surface area contributed by atoms with Crippen molar-refractivity contribution < 1.29 is 9.47 Å². The van der Waals surface area contributed by atoms with Gasteiger partial charge >= 0.3 is 0 Å². The van der Waals surface area contributed by atoms with E-state index in [1.54, 1.807) is 6.21 Å². The van der Waals surface area contributed by atoms with E-state index in [2.05, 4.69) is 45.7 Å². The fourth-order valence-corrected chi connectivity index (χ4v) is 4.19. The minimum atomic E-state index is 0.437. The van der Waals surface area contributed by atoms with Crippen molar-refractivity contribution in [2.75, 3.05) is 18.5 Å². The Bertz CT molecular complexity index is 1290. The van der Waals surface area contributed by atoms with Crippen LogP contribution in [0, 0.1) is 0 Å². The van der Waals surface area contributed by atoms with Gasteiger partial charge < -0.3 is 19.4 Å². The minimum absolute atomic E-state index is 0.437. The largest absolute Gasteiger partial charge is 0.494 e. The lowest BCUT2D eigenvalue weighted by molar-refractivity contribution is 0.294. The maximum atomic E-state index is 6.00. The molecule has 0 amide bonds. The second-order valence-corrected chi connectivity index (χ2v) is 9.12. The summed E-state index contributed by atoms with van der Waals surface area (Å²) in [6.07, 6.45) is 8.68. The number of aromatic nitrogens is 1. The summed E-state index contributed by atoms with van der Waals surface area (Å²) in [4.78, 5) is 0. The monoisotopic (exact) mass is 514 g/mol. The van der Waals surface area contributed by atoms with Crippen LogP contribution in [-0.2, 0) is 6.54 Å². The predicted octanol–water partition coefficient (Wildman–Crippen LogP) is 7.00. The highest BCUT2D eigenvalue weighted by Gasteiger charge is 2.07. The number of nitrogens with zero attached hydrogens (tertiary/aromatic N) is 2. The first-order chi connectivity index (χ1) is 18.2. The average Bonchev–Trinajstić information content (AvgIpc) is 3.27. The second-order valence-electron chi connectivity index (χ2n) is 8.71. The molecule has 4 rings (SSSR count). The Morgan fingerprint density at radius 2 is 1.57 bits per heavy atom. The molecule has 7 heteroatoms. The summed E-state index contributed by atoms with van der Waals surface area (Å²) in [5.41, 5.74) is 5.94. The van der Waals surface area contributed by atoms with Crippen LogP contribution in [0.15, 0.2) is 90.2 Å². The summed E-state index contributed by atoms with van der Waals surface area (Å²) in [6, 6.07) is 25.9. The Kier molecular flexibility index (Phi) is 9.95. The van der Waals surface area contributed by atoms with Crippen LogP contribution in [0.5, 0.6) is 11.5 Å². The molecule has 0 bridgehead atoms. The number of hydrazone groups is 1. The zero-order valence-electron chi connectivity index (χ0n) is 21.2. The average molecular weight is 515 g/mol. The summed E-state index contributed by atoms with van der Waals surface area (Å²) in [5.74, 6) is 1.72. The van der Waals surface area contributed by atoms with Gasteiger partial charge in [-0.25, -0.2) is 0 Å². The number of anilines is 1. The molecule has 192 valence electrons. The Hall–Kier alpha value is -3.84. The molecule has 0 saturated carbocycles. The van der Waals surface area contributed by atoms with E-state index in [0.717, 1.165) is 46.7 Å². The molecule has 3 aromatic carbocycles. The number of hydrogen-bond acceptors (Lipinski definition) is 4. The van der Waals surface area contributed by atoms with Gasteiger partial charge in [-0.3, -0.25) is 5.43 Å². The quantitative estimate of drug-likeness (QED) is 0.0871. The fraction of sp³-hybridized carbons (Fsp3) is 0.267. The Morgan fingerprint density at radius 3 is 2.32 bits per heavy atom. The van der Waals surface area contributed by atoms with Crippen molar-refractivity contribution in [2.45, 2.75) is 39.2 Å². The molecule has 0 atom stereocenters. The molecule has 0 saturated heterocycles. The summed E-state index contributed by atoms with van der Waals surface area (Å²) in [5, 5.41) is 9.01. The number of unbranched alkanes of at least 4 members (excludes halogenated alkanes) is 3. The first-order valence-corrected chi connectivity index (χ1v) is 13.2. The number of benzene rings is 3. The molecule has 1 heterocycles. The van der Waals surface area contributed by atoms with Gasteiger partial charge in [0.2, 0.25) is 0 Å². The van der Waals surface area contributed by atoms with E-state index in [1.165, 1.54) is 19.3 Å². The number of rotatable bonds is 13. The van der Waals surface area contributed by atoms with E-state index >= 15 is 0 Å². The van der Waals surface area contributed by atoms with Crippen molar-refractivity contribution >= 4 is 40.1 Å². The topological polar surface area (TPSA) is 59.8 Å².